The van der Waals surface area contributed by atoms with Crippen molar-refractivity contribution in [3.05, 3.63) is 24.3 Å². The van der Waals surface area contributed by atoms with Gasteiger partial charge in [-0.25, -0.2) is 4.79 Å². The molecule has 0 saturated carbocycles. The first kappa shape index (κ1) is 8.39. The highest BCUT2D eigenvalue weighted by Gasteiger charge is 1.97. The Bertz CT molecular complexity index is 265. The van der Waals surface area contributed by atoms with Gasteiger partial charge in [0.05, 0.1) is 0 Å². The summed E-state index contributed by atoms with van der Waals surface area (Å²) in [5, 5.41) is 8.87. The number of hydrogen-bond acceptors (Lipinski definition) is 4. The van der Waals surface area contributed by atoms with E-state index in [9.17, 15) is 4.79 Å². The predicted molar refractivity (Wildman–Crippen MR) is 40.5 cm³/mol. The maximum atomic E-state index is 10.3. The van der Waals surface area contributed by atoms with Gasteiger partial charge in [0.2, 0.25) is 0 Å². The number of phenolic OH excluding ortho intramolecular Hbond substituents is 1. The van der Waals surface area contributed by atoms with Crippen LogP contribution in [0, 0.1) is 0 Å². The third-order valence-electron chi connectivity index (χ3n) is 1.09. The van der Waals surface area contributed by atoms with E-state index in [2.05, 4.69) is 9.78 Å². The van der Waals surface area contributed by atoms with E-state index in [1.165, 1.54) is 31.2 Å². The average Bonchev–Trinajstić information content (AvgIpc) is 2.03. The van der Waals surface area contributed by atoms with Crippen LogP contribution in [0.3, 0.4) is 0 Å². The molecule has 0 aliphatic carbocycles. The van der Waals surface area contributed by atoms with Crippen molar-refractivity contribution in [2.45, 2.75) is 6.92 Å². The molecule has 0 spiro atoms. The second kappa shape index (κ2) is 3.61. The Hall–Kier alpha value is -1.71. The number of hydrogen-bond donors (Lipinski definition) is 1. The van der Waals surface area contributed by atoms with Crippen LogP contribution in [0.4, 0.5) is 0 Å². The van der Waals surface area contributed by atoms with E-state index in [1.807, 2.05) is 0 Å². The molecule has 0 fully saturated rings. The summed E-state index contributed by atoms with van der Waals surface area (Å²) in [7, 11) is 0. The fourth-order valence-corrected chi connectivity index (χ4v) is 0.608. The molecular weight excluding hydrogens is 160 g/mol. The van der Waals surface area contributed by atoms with Gasteiger partial charge in [-0.2, -0.15) is 0 Å². The van der Waals surface area contributed by atoms with Crippen molar-refractivity contribution < 1.29 is 19.7 Å². The molecule has 0 amide bonds. The lowest BCUT2D eigenvalue weighted by Crippen LogP contribution is -2.02. The van der Waals surface area contributed by atoms with Gasteiger partial charge >= 0.3 is 5.97 Å². The zero-order valence-corrected chi connectivity index (χ0v) is 6.48. The molecule has 0 atom stereocenters. The van der Waals surface area contributed by atoms with E-state index < -0.39 is 5.97 Å². The monoisotopic (exact) mass is 168 g/mol. The van der Waals surface area contributed by atoms with Crippen LogP contribution in [0.1, 0.15) is 6.92 Å². The average molecular weight is 168 g/mol. The maximum absolute atomic E-state index is 10.3. The quantitative estimate of drug-likeness (QED) is 0.533. The van der Waals surface area contributed by atoms with Gasteiger partial charge < -0.3 is 5.11 Å². The van der Waals surface area contributed by atoms with Crippen molar-refractivity contribution in [2.75, 3.05) is 0 Å². The third kappa shape index (κ3) is 2.49. The molecule has 0 aliphatic rings. The Morgan fingerprint density at radius 2 is 1.92 bits per heavy atom. The highest BCUT2D eigenvalue weighted by Crippen LogP contribution is 2.15. The molecule has 0 heterocycles. The largest absolute Gasteiger partial charge is 0.508 e. The van der Waals surface area contributed by atoms with Crippen molar-refractivity contribution in [1.29, 1.82) is 0 Å². The summed E-state index contributed by atoms with van der Waals surface area (Å²) in [5.41, 5.74) is 0. The van der Waals surface area contributed by atoms with Crippen molar-refractivity contribution in [3.63, 3.8) is 0 Å². The Balaban J connectivity index is 2.53. The zero-order valence-electron chi connectivity index (χ0n) is 6.48. The van der Waals surface area contributed by atoms with Crippen LogP contribution in [0.2, 0.25) is 0 Å². The molecule has 4 nitrogen and oxygen atoms in total. The summed E-state index contributed by atoms with van der Waals surface area (Å²) in [6.07, 6.45) is 0. The highest BCUT2D eigenvalue weighted by molar-refractivity contribution is 5.65. The Kier molecular flexibility index (Phi) is 2.53. The summed E-state index contributed by atoms with van der Waals surface area (Å²) in [5.74, 6) is -0.0312. The molecule has 64 valence electrons. The van der Waals surface area contributed by atoms with Gasteiger partial charge in [0.15, 0.2) is 5.75 Å². The summed E-state index contributed by atoms with van der Waals surface area (Å²) < 4.78 is 0. The molecule has 0 bridgehead atoms. The minimum atomic E-state index is -0.525. The van der Waals surface area contributed by atoms with E-state index in [0.29, 0.717) is 5.75 Å². The fourth-order valence-electron chi connectivity index (χ4n) is 0.608. The van der Waals surface area contributed by atoms with Crippen LogP contribution in [-0.4, -0.2) is 11.1 Å². The molecule has 0 aliphatic heterocycles. The summed E-state index contributed by atoms with van der Waals surface area (Å²) in [6, 6.07) is 5.83. The molecule has 0 radical (unpaired) electrons. The molecule has 1 rings (SSSR count). The third-order valence-corrected chi connectivity index (χ3v) is 1.09. The minimum Gasteiger partial charge on any atom is -0.508 e. The van der Waals surface area contributed by atoms with Gasteiger partial charge in [-0.3, -0.25) is 9.78 Å². The number of carbonyl (C=O) groups is 1. The van der Waals surface area contributed by atoms with Gasteiger partial charge in [0.25, 0.3) is 0 Å². The number of benzene rings is 1. The van der Waals surface area contributed by atoms with Crippen molar-refractivity contribution in [1.82, 2.24) is 0 Å². The number of phenols is 1. The first-order chi connectivity index (χ1) is 5.68. The lowest BCUT2D eigenvalue weighted by atomic mass is 10.3. The first-order valence-corrected chi connectivity index (χ1v) is 3.32. The predicted octanol–water partition coefficient (Wildman–Crippen LogP) is 1.25. The van der Waals surface area contributed by atoms with Crippen LogP contribution in [-0.2, 0) is 9.68 Å². The highest BCUT2D eigenvalue weighted by atomic mass is 17.2. The Labute approximate surface area is 69.3 Å². The smallest absolute Gasteiger partial charge is 0.352 e. The van der Waals surface area contributed by atoms with Gasteiger partial charge in [0.1, 0.15) is 5.75 Å². The van der Waals surface area contributed by atoms with Crippen LogP contribution >= 0.6 is 0 Å². The topological polar surface area (TPSA) is 55.8 Å². The number of aromatic hydroxyl groups is 1. The molecule has 1 aromatic carbocycles. The SMILES string of the molecule is CC(=O)OOc1ccc(O)cc1. The van der Waals surface area contributed by atoms with E-state index >= 15 is 0 Å². The number of rotatable bonds is 2. The second-order valence-electron chi connectivity index (χ2n) is 2.15. The maximum Gasteiger partial charge on any atom is 0.352 e. The van der Waals surface area contributed by atoms with Gasteiger partial charge in [-0.15, -0.1) is 0 Å². The zero-order chi connectivity index (χ0) is 8.97. The summed E-state index contributed by atoms with van der Waals surface area (Å²) in [4.78, 5) is 19.1. The van der Waals surface area contributed by atoms with Gasteiger partial charge in [0, 0.05) is 6.92 Å². The normalized spacial score (nSPS) is 9.08. The van der Waals surface area contributed by atoms with E-state index in [0.717, 1.165) is 0 Å². The van der Waals surface area contributed by atoms with Crippen LogP contribution < -0.4 is 4.89 Å². The van der Waals surface area contributed by atoms with Gasteiger partial charge in [-0.1, -0.05) is 0 Å². The Morgan fingerprint density at radius 3 is 2.42 bits per heavy atom. The van der Waals surface area contributed by atoms with Crippen LogP contribution in [0.25, 0.3) is 0 Å². The molecule has 0 aromatic heterocycles. The molecule has 4 heteroatoms. The van der Waals surface area contributed by atoms with Crippen molar-refractivity contribution in [3.8, 4) is 11.5 Å². The second-order valence-corrected chi connectivity index (χ2v) is 2.15. The summed E-state index contributed by atoms with van der Waals surface area (Å²) >= 11 is 0. The molecule has 0 saturated heterocycles. The standard InChI is InChI=1S/C8H8O4/c1-6(9)11-12-8-4-2-7(10)3-5-8/h2-5,10H,1H3. The molecule has 12 heavy (non-hydrogen) atoms. The van der Waals surface area contributed by atoms with E-state index in [-0.39, 0.29) is 5.75 Å². The molecular formula is C8H8O4. The van der Waals surface area contributed by atoms with Crippen LogP contribution in [0.5, 0.6) is 11.5 Å². The minimum absolute atomic E-state index is 0.130. The van der Waals surface area contributed by atoms with Gasteiger partial charge in [-0.05, 0) is 24.3 Å². The fraction of sp³-hybridized carbons (Fsp3) is 0.125. The first-order valence-electron chi connectivity index (χ1n) is 3.32. The molecule has 1 aromatic rings. The lowest BCUT2D eigenvalue weighted by Gasteiger charge is -2.00. The molecule has 0 unspecified atom stereocenters. The number of carbonyl (C=O) groups excluding carboxylic acids is 1. The van der Waals surface area contributed by atoms with Crippen molar-refractivity contribution >= 4 is 5.97 Å². The lowest BCUT2D eigenvalue weighted by molar-refractivity contribution is -0.210. The molecule has 1 N–H and O–H groups in total. The van der Waals surface area contributed by atoms with Crippen LogP contribution in [0.15, 0.2) is 24.3 Å². The van der Waals surface area contributed by atoms with E-state index in [1.54, 1.807) is 0 Å². The van der Waals surface area contributed by atoms with E-state index in [4.69, 9.17) is 5.11 Å². The summed E-state index contributed by atoms with van der Waals surface area (Å²) in [6.45, 7) is 1.24. The Morgan fingerprint density at radius 1 is 1.33 bits per heavy atom. The van der Waals surface area contributed by atoms with Crippen molar-refractivity contribution in [2.24, 2.45) is 0 Å².